The zero-order chi connectivity index (χ0) is 9.14. The minimum Gasteiger partial charge on any atom is -0.477 e. The Labute approximate surface area is 67.2 Å². The Morgan fingerprint density at radius 2 is 2.25 bits per heavy atom. The topological polar surface area (TPSA) is 95.2 Å². The number of hydrogen-bond donors (Lipinski definition) is 3. The van der Waals surface area contributed by atoms with Crippen LogP contribution in [0, 0.1) is 0 Å². The van der Waals surface area contributed by atoms with E-state index >= 15 is 0 Å². The summed E-state index contributed by atoms with van der Waals surface area (Å²) in [5.41, 5.74) is -0.448. The minimum atomic E-state index is -1.18. The van der Waals surface area contributed by atoms with Gasteiger partial charge in [-0.05, 0) is 0 Å². The monoisotopic (exact) mass is 172 g/mol. The molecule has 0 amide bonds. The first kappa shape index (κ1) is 8.54. The van der Waals surface area contributed by atoms with Gasteiger partial charge in [0.1, 0.15) is 0 Å². The number of carbonyl (C=O) groups is 1. The molecule has 6 heteroatoms. The average molecular weight is 172 g/mol. The van der Waals surface area contributed by atoms with Crippen molar-refractivity contribution in [3.8, 4) is 0 Å². The largest absolute Gasteiger partial charge is 0.477 e. The zero-order valence-electron chi connectivity index (χ0n) is 6.38. The van der Waals surface area contributed by atoms with Crippen LogP contribution in [0.2, 0.25) is 0 Å². The highest BCUT2D eigenvalue weighted by molar-refractivity contribution is 5.86. The van der Waals surface area contributed by atoms with E-state index in [1.54, 1.807) is 0 Å². The molecule has 3 N–H and O–H groups in total. The summed E-state index contributed by atoms with van der Waals surface area (Å²) in [6.07, 6.45) is 0. The smallest absolute Gasteiger partial charge is 0.354 e. The molecule has 12 heavy (non-hydrogen) atoms. The summed E-state index contributed by atoms with van der Waals surface area (Å²) in [5, 5.41) is 8.56. The van der Waals surface area contributed by atoms with E-state index in [-0.39, 0.29) is 18.0 Å². The number of aromatic nitrogens is 2. The van der Waals surface area contributed by atoms with E-state index in [0.29, 0.717) is 0 Å². The predicted molar refractivity (Wildman–Crippen MR) is 39.1 cm³/mol. The molecule has 0 bridgehead atoms. The number of rotatable bonds is 3. The number of methoxy groups -OCH3 is 1. The molecule has 0 aliphatic carbocycles. The minimum absolute atomic E-state index is 0.0698. The lowest BCUT2D eigenvalue weighted by Gasteiger charge is -1.95. The number of hydrogen-bond acceptors (Lipinski definition) is 3. The van der Waals surface area contributed by atoms with Crippen molar-refractivity contribution in [1.82, 2.24) is 9.97 Å². The second-order valence-corrected chi connectivity index (χ2v) is 2.17. The van der Waals surface area contributed by atoms with Crippen LogP contribution in [0.3, 0.4) is 0 Å². The highest BCUT2D eigenvalue weighted by atomic mass is 16.5. The van der Waals surface area contributed by atoms with Gasteiger partial charge in [-0.3, -0.25) is 4.98 Å². The quantitative estimate of drug-likeness (QED) is 0.575. The maximum atomic E-state index is 10.7. The fourth-order valence-electron chi connectivity index (χ4n) is 0.855. The van der Waals surface area contributed by atoms with Gasteiger partial charge in [0.2, 0.25) is 0 Å². The van der Waals surface area contributed by atoms with Gasteiger partial charge >= 0.3 is 11.7 Å². The highest BCUT2D eigenvalue weighted by Gasteiger charge is 2.12. The Morgan fingerprint density at radius 3 is 2.75 bits per heavy atom. The van der Waals surface area contributed by atoms with Crippen LogP contribution in [0.25, 0.3) is 0 Å². The molecule has 66 valence electrons. The molecule has 1 aromatic heterocycles. The maximum absolute atomic E-state index is 10.7. The Kier molecular flexibility index (Phi) is 2.29. The van der Waals surface area contributed by atoms with Gasteiger partial charge in [0, 0.05) is 7.11 Å². The molecular weight excluding hydrogens is 164 g/mol. The van der Waals surface area contributed by atoms with Crippen molar-refractivity contribution in [3.05, 3.63) is 21.9 Å². The lowest BCUT2D eigenvalue weighted by molar-refractivity contribution is 0.0685. The Morgan fingerprint density at radius 1 is 1.58 bits per heavy atom. The van der Waals surface area contributed by atoms with Crippen LogP contribution in [-0.4, -0.2) is 28.2 Å². The standard InChI is InChI=1S/C6H8N2O4/c1-12-2-3-4(5(9)10)8-6(11)7-3/h2H2,1H3,(H,9,10)(H2,7,8,11). The van der Waals surface area contributed by atoms with E-state index < -0.39 is 11.7 Å². The van der Waals surface area contributed by atoms with Crippen LogP contribution in [0.5, 0.6) is 0 Å². The number of carboxylic acid groups (broad SMARTS) is 1. The van der Waals surface area contributed by atoms with E-state index in [4.69, 9.17) is 5.11 Å². The summed E-state index contributed by atoms with van der Waals surface area (Å²) in [6, 6.07) is 0. The van der Waals surface area contributed by atoms with Gasteiger partial charge in [-0.25, -0.2) is 9.59 Å². The van der Waals surface area contributed by atoms with Crippen molar-refractivity contribution in [3.63, 3.8) is 0 Å². The molecule has 0 aliphatic rings. The van der Waals surface area contributed by atoms with Crippen molar-refractivity contribution in [2.75, 3.05) is 7.11 Å². The van der Waals surface area contributed by atoms with Gasteiger partial charge in [-0.2, -0.15) is 0 Å². The first-order chi connectivity index (χ1) is 5.65. The summed E-state index contributed by atoms with van der Waals surface area (Å²) in [4.78, 5) is 25.6. The third-order valence-electron chi connectivity index (χ3n) is 1.31. The van der Waals surface area contributed by atoms with Gasteiger partial charge in [0.05, 0.1) is 12.3 Å². The summed E-state index contributed by atoms with van der Waals surface area (Å²) in [5.74, 6) is -1.18. The summed E-state index contributed by atoms with van der Waals surface area (Å²) in [6.45, 7) is 0.0698. The van der Waals surface area contributed by atoms with Gasteiger partial charge in [-0.1, -0.05) is 0 Å². The van der Waals surface area contributed by atoms with Crippen LogP contribution >= 0.6 is 0 Å². The van der Waals surface area contributed by atoms with E-state index in [1.165, 1.54) is 7.11 Å². The number of aromatic amines is 2. The number of imidazole rings is 1. The molecule has 0 saturated carbocycles. The van der Waals surface area contributed by atoms with Crippen molar-refractivity contribution in [2.24, 2.45) is 0 Å². The second-order valence-electron chi connectivity index (χ2n) is 2.17. The SMILES string of the molecule is COCc1[nH]c(=O)[nH]c1C(=O)O. The fourth-order valence-corrected chi connectivity index (χ4v) is 0.855. The van der Waals surface area contributed by atoms with Crippen LogP contribution in [0.4, 0.5) is 0 Å². The summed E-state index contributed by atoms with van der Waals surface area (Å²) < 4.78 is 4.68. The molecule has 0 aliphatic heterocycles. The average Bonchev–Trinajstić information content (AvgIpc) is 2.32. The van der Waals surface area contributed by atoms with Crippen LogP contribution in [-0.2, 0) is 11.3 Å². The molecule has 0 unspecified atom stereocenters. The number of carboxylic acids is 1. The fraction of sp³-hybridized carbons (Fsp3) is 0.333. The van der Waals surface area contributed by atoms with Crippen molar-refractivity contribution in [2.45, 2.75) is 6.61 Å². The second kappa shape index (κ2) is 3.22. The Bertz CT molecular complexity index is 338. The van der Waals surface area contributed by atoms with Crippen LogP contribution in [0.1, 0.15) is 16.2 Å². The number of nitrogens with one attached hydrogen (secondary N) is 2. The molecule has 0 atom stereocenters. The number of aromatic carboxylic acids is 1. The first-order valence-corrected chi connectivity index (χ1v) is 3.18. The van der Waals surface area contributed by atoms with E-state index in [0.717, 1.165) is 0 Å². The van der Waals surface area contributed by atoms with E-state index in [9.17, 15) is 9.59 Å². The molecule has 1 heterocycles. The molecule has 1 aromatic rings. The predicted octanol–water partition coefficient (Wildman–Crippen LogP) is -0.452. The number of ether oxygens (including phenoxy) is 1. The zero-order valence-corrected chi connectivity index (χ0v) is 6.38. The Balaban J connectivity index is 3.08. The third kappa shape index (κ3) is 1.54. The summed E-state index contributed by atoms with van der Waals surface area (Å²) in [7, 11) is 1.41. The van der Waals surface area contributed by atoms with Gasteiger partial charge < -0.3 is 14.8 Å². The van der Waals surface area contributed by atoms with Gasteiger partial charge in [-0.15, -0.1) is 0 Å². The molecular formula is C6H8N2O4. The van der Waals surface area contributed by atoms with Gasteiger partial charge in [0.25, 0.3) is 0 Å². The lowest BCUT2D eigenvalue weighted by Crippen LogP contribution is -2.04. The molecule has 6 nitrogen and oxygen atoms in total. The molecule has 0 saturated heterocycles. The maximum Gasteiger partial charge on any atom is 0.354 e. The molecule has 0 radical (unpaired) electrons. The number of H-pyrrole nitrogens is 2. The van der Waals surface area contributed by atoms with Crippen LogP contribution in [0.15, 0.2) is 4.79 Å². The highest BCUT2D eigenvalue weighted by Crippen LogP contribution is 2.00. The third-order valence-corrected chi connectivity index (χ3v) is 1.31. The van der Waals surface area contributed by atoms with Crippen molar-refractivity contribution < 1.29 is 14.6 Å². The van der Waals surface area contributed by atoms with E-state index in [1.807, 2.05) is 0 Å². The lowest BCUT2D eigenvalue weighted by atomic mass is 10.3. The molecule has 1 rings (SSSR count). The molecule has 0 fully saturated rings. The first-order valence-electron chi connectivity index (χ1n) is 3.18. The molecule has 0 spiro atoms. The van der Waals surface area contributed by atoms with Crippen LogP contribution < -0.4 is 5.69 Å². The van der Waals surface area contributed by atoms with Crippen molar-refractivity contribution >= 4 is 5.97 Å². The van der Waals surface area contributed by atoms with Crippen molar-refractivity contribution in [1.29, 1.82) is 0 Å². The Hall–Kier alpha value is -1.56. The normalized spacial score (nSPS) is 10.1. The van der Waals surface area contributed by atoms with E-state index in [2.05, 4.69) is 14.7 Å². The van der Waals surface area contributed by atoms with Gasteiger partial charge in [0.15, 0.2) is 5.69 Å². The summed E-state index contributed by atoms with van der Waals surface area (Å²) >= 11 is 0. The molecule has 0 aromatic carbocycles.